The van der Waals surface area contributed by atoms with Crippen LogP contribution in [0.1, 0.15) is 58.7 Å². The topological polar surface area (TPSA) is 86.1 Å². The lowest BCUT2D eigenvalue weighted by Crippen LogP contribution is -2.35. The first-order valence-electron chi connectivity index (χ1n) is 13.8. The van der Waals surface area contributed by atoms with Gasteiger partial charge in [-0.3, -0.25) is 4.90 Å². The number of carbonyl (C=O) groups is 1. The lowest BCUT2D eigenvalue weighted by Gasteiger charge is -2.33. The van der Waals surface area contributed by atoms with Crippen LogP contribution in [0.3, 0.4) is 0 Å². The van der Waals surface area contributed by atoms with E-state index in [0.29, 0.717) is 40.1 Å². The zero-order valence-electron chi connectivity index (χ0n) is 22.4. The summed E-state index contributed by atoms with van der Waals surface area (Å²) in [4.78, 5) is 19.8. The second-order valence-corrected chi connectivity index (χ2v) is 12.5. The molecule has 5 heterocycles. The van der Waals surface area contributed by atoms with Gasteiger partial charge in [-0.15, -0.1) is 11.3 Å². The van der Waals surface area contributed by atoms with E-state index in [4.69, 9.17) is 30.8 Å². The summed E-state index contributed by atoms with van der Waals surface area (Å²) in [6, 6.07) is 12.1. The van der Waals surface area contributed by atoms with Crippen LogP contribution >= 0.6 is 22.9 Å². The van der Waals surface area contributed by atoms with Crippen molar-refractivity contribution in [3.63, 3.8) is 0 Å². The molecular formula is C30H29ClFN3O5S. The molecule has 11 heteroatoms. The maximum absolute atomic E-state index is 14.8. The molecule has 7 rings (SSSR count). The Morgan fingerprint density at radius 3 is 2.71 bits per heavy atom. The van der Waals surface area contributed by atoms with Crippen molar-refractivity contribution in [2.24, 2.45) is 0 Å². The number of fused-ring (bicyclic) bond motifs is 2. The van der Waals surface area contributed by atoms with Crippen molar-refractivity contribution in [1.82, 2.24) is 14.5 Å². The molecule has 2 saturated heterocycles. The van der Waals surface area contributed by atoms with Crippen LogP contribution in [-0.4, -0.2) is 51.3 Å². The number of imidazole rings is 1. The minimum Gasteiger partial charge on any atom is -0.477 e. The molecule has 0 bridgehead atoms. The van der Waals surface area contributed by atoms with Crippen molar-refractivity contribution in [3.05, 3.63) is 75.1 Å². The van der Waals surface area contributed by atoms with Crippen molar-refractivity contribution >= 4 is 39.3 Å². The highest BCUT2D eigenvalue weighted by Gasteiger charge is 2.43. The first-order valence-corrected chi connectivity index (χ1v) is 15.0. The fraction of sp³-hybridized carbons (Fsp3) is 0.400. The second-order valence-electron chi connectivity index (χ2n) is 11.0. The Bertz CT molecular complexity index is 1640. The van der Waals surface area contributed by atoms with Gasteiger partial charge in [0.15, 0.2) is 11.5 Å². The van der Waals surface area contributed by atoms with Gasteiger partial charge in [-0.1, -0.05) is 23.7 Å². The van der Waals surface area contributed by atoms with Crippen LogP contribution in [0.5, 0.6) is 11.5 Å². The summed E-state index contributed by atoms with van der Waals surface area (Å²) in [6.45, 7) is 5.61. The van der Waals surface area contributed by atoms with Crippen molar-refractivity contribution in [2.75, 3.05) is 19.7 Å². The van der Waals surface area contributed by atoms with Gasteiger partial charge in [0.1, 0.15) is 21.3 Å². The predicted octanol–water partition coefficient (Wildman–Crippen LogP) is 6.40. The van der Waals surface area contributed by atoms with E-state index in [1.54, 1.807) is 25.1 Å². The van der Waals surface area contributed by atoms with Gasteiger partial charge >= 0.3 is 5.97 Å². The third kappa shape index (κ3) is 4.86. The van der Waals surface area contributed by atoms with Crippen molar-refractivity contribution in [1.29, 1.82) is 0 Å². The lowest BCUT2D eigenvalue weighted by atomic mass is 9.88. The molecule has 2 fully saturated rings. The number of hydrogen-bond donors (Lipinski definition) is 1. The number of piperidine rings is 1. The number of hydrogen-bond acceptors (Lipinski definition) is 7. The molecule has 0 saturated carbocycles. The summed E-state index contributed by atoms with van der Waals surface area (Å²) in [5.74, 6) is -0.173. The Morgan fingerprint density at radius 2 is 2.00 bits per heavy atom. The number of nitrogens with zero attached hydrogens (tertiary/aromatic N) is 3. The number of carboxylic acids is 1. The molecule has 0 radical (unpaired) electrons. The summed E-state index contributed by atoms with van der Waals surface area (Å²) in [5.41, 5.74) is 2.24. The Kier molecular flexibility index (Phi) is 6.69. The number of halogens is 2. The summed E-state index contributed by atoms with van der Waals surface area (Å²) in [5, 5.41) is 9.77. The number of thiophene rings is 1. The van der Waals surface area contributed by atoms with E-state index < -0.39 is 17.6 Å². The fourth-order valence-corrected chi connectivity index (χ4v) is 7.11. The summed E-state index contributed by atoms with van der Waals surface area (Å²) in [7, 11) is 0. The van der Waals surface area contributed by atoms with Crippen LogP contribution in [0.15, 0.2) is 42.5 Å². The number of para-hydroxylation sites is 1. The second kappa shape index (κ2) is 10.3. The largest absolute Gasteiger partial charge is 0.477 e. The highest BCUT2D eigenvalue weighted by molar-refractivity contribution is 7.20. The number of aromatic carboxylic acids is 1. The van der Waals surface area contributed by atoms with Gasteiger partial charge in [-0.25, -0.2) is 14.2 Å². The quantitative estimate of drug-likeness (QED) is 0.264. The lowest BCUT2D eigenvalue weighted by molar-refractivity contribution is -0.0712. The molecule has 214 valence electrons. The van der Waals surface area contributed by atoms with Crippen molar-refractivity contribution in [3.8, 4) is 11.5 Å². The Morgan fingerprint density at radius 1 is 1.20 bits per heavy atom. The Labute approximate surface area is 245 Å². The van der Waals surface area contributed by atoms with Gasteiger partial charge in [0, 0.05) is 24.1 Å². The molecule has 2 aromatic carbocycles. The molecule has 2 aromatic heterocycles. The minimum absolute atomic E-state index is 0.138. The van der Waals surface area contributed by atoms with Crippen LogP contribution < -0.4 is 9.47 Å². The van der Waals surface area contributed by atoms with Gasteiger partial charge in [-0.05, 0) is 68.6 Å². The van der Waals surface area contributed by atoms with Crippen LogP contribution in [0.2, 0.25) is 5.02 Å². The normalized spacial score (nSPS) is 22.8. The van der Waals surface area contributed by atoms with Crippen molar-refractivity contribution in [2.45, 2.75) is 57.1 Å². The molecule has 4 aromatic rings. The number of benzene rings is 2. The third-order valence-electron chi connectivity index (χ3n) is 8.34. The third-order valence-corrected chi connectivity index (χ3v) is 9.58. The average Bonchev–Trinajstić information content (AvgIpc) is 3.57. The molecule has 1 N–H and O–H groups in total. The molecule has 8 nitrogen and oxygen atoms in total. The number of carboxylic acid groups (broad SMARTS) is 1. The molecule has 0 amide bonds. The Balaban J connectivity index is 1.07. The average molecular weight is 598 g/mol. The van der Waals surface area contributed by atoms with Gasteiger partial charge in [-0.2, -0.15) is 0 Å². The summed E-state index contributed by atoms with van der Waals surface area (Å²) < 4.78 is 35.1. The van der Waals surface area contributed by atoms with Gasteiger partial charge in [0.05, 0.1) is 30.3 Å². The molecule has 0 aliphatic carbocycles. The SMILES string of the molecule is CC1(c2ccc(Cl)cc2F)Oc2cccc(C3CCN(Cc4nc5sc(C(=O)O)cc5n4CC4CCO4)CC3)c2O1. The number of ether oxygens (including phenoxy) is 3. The smallest absolute Gasteiger partial charge is 0.346 e. The molecule has 2 unspecified atom stereocenters. The van der Waals surface area contributed by atoms with E-state index in [9.17, 15) is 14.3 Å². The molecule has 41 heavy (non-hydrogen) atoms. The van der Waals surface area contributed by atoms with E-state index in [0.717, 1.165) is 60.7 Å². The summed E-state index contributed by atoms with van der Waals surface area (Å²) >= 11 is 7.18. The molecular weight excluding hydrogens is 569 g/mol. The van der Waals surface area contributed by atoms with Gasteiger partial charge < -0.3 is 23.9 Å². The maximum atomic E-state index is 14.8. The first kappa shape index (κ1) is 26.7. The van der Waals surface area contributed by atoms with E-state index in [-0.39, 0.29) is 12.0 Å². The number of rotatable bonds is 7. The van der Waals surface area contributed by atoms with E-state index >= 15 is 0 Å². The fourth-order valence-electron chi connectivity index (χ4n) is 6.06. The van der Waals surface area contributed by atoms with Crippen LogP contribution in [-0.2, 0) is 23.6 Å². The minimum atomic E-state index is -1.28. The highest BCUT2D eigenvalue weighted by Crippen LogP contribution is 2.50. The predicted molar refractivity (Wildman–Crippen MR) is 153 cm³/mol. The zero-order chi connectivity index (χ0) is 28.3. The zero-order valence-corrected chi connectivity index (χ0v) is 24.0. The highest BCUT2D eigenvalue weighted by atomic mass is 35.5. The molecule has 2 atom stereocenters. The van der Waals surface area contributed by atoms with Gasteiger partial charge in [0.2, 0.25) is 0 Å². The van der Waals surface area contributed by atoms with Gasteiger partial charge in [0.25, 0.3) is 5.79 Å². The van der Waals surface area contributed by atoms with Crippen molar-refractivity contribution < 1.29 is 28.5 Å². The summed E-state index contributed by atoms with van der Waals surface area (Å²) in [6.07, 6.45) is 2.99. The molecule has 3 aliphatic heterocycles. The van der Waals surface area contributed by atoms with E-state index in [1.165, 1.54) is 17.4 Å². The van der Waals surface area contributed by atoms with E-state index in [1.807, 2.05) is 12.1 Å². The monoisotopic (exact) mass is 597 g/mol. The Hall–Kier alpha value is -3.18. The van der Waals surface area contributed by atoms with Crippen LogP contribution in [0.25, 0.3) is 10.3 Å². The van der Waals surface area contributed by atoms with E-state index in [2.05, 4.69) is 15.5 Å². The molecule has 3 aliphatic rings. The van der Waals surface area contributed by atoms with Crippen LogP contribution in [0, 0.1) is 5.82 Å². The standard InChI is InChI=1S/C30H29ClFN3O5S/c1-30(21-6-5-18(31)13-22(21)32)39-24-4-2-3-20(27(24)40-30)17-7-10-34(11-8-17)16-26-33-28-23(14-25(41-28)29(36)37)35(26)15-19-9-12-38-19/h2-6,13-14,17,19H,7-12,15-16H2,1H3,(H,36,37). The number of aromatic nitrogens is 2. The maximum Gasteiger partial charge on any atom is 0.346 e. The molecule has 0 spiro atoms. The number of likely N-dealkylation sites (tertiary alicyclic amines) is 1. The first-order chi connectivity index (χ1) is 19.8. The van der Waals surface area contributed by atoms with Crippen LogP contribution in [0.4, 0.5) is 4.39 Å².